The molecule has 3 nitrogen and oxygen atoms in total. The number of carbonyl (C=O) groups is 1. The molecule has 2 heterocycles. The van der Waals surface area contributed by atoms with Crippen molar-refractivity contribution in [3.8, 4) is 0 Å². The molecule has 3 rings (SSSR count). The van der Waals surface area contributed by atoms with E-state index in [4.69, 9.17) is 5.73 Å². The number of nitrogen functional groups attached to an aromatic ring is 1. The predicted octanol–water partition coefficient (Wildman–Crippen LogP) is 4.61. The van der Waals surface area contributed by atoms with Crippen LogP contribution in [0.5, 0.6) is 0 Å². The molecule has 0 unspecified atom stereocenters. The number of hydrogen-bond acceptors (Lipinski definition) is 3. The molecule has 0 fully saturated rings. The Bertz CT molecular complexity index is 711. The molecule has 0 atom stereocenters. The molecule has 0 saturated heterocycles. The minimum atomic E-state index is 0. The van der Waals surface area contributed by atoms with Crippen LogP contribution in [0, 0.1) is 6.92 Å². The number of nitrogens with two attached hydrogens (primary N) is 1. The van der Waals surface area contributed by atoms with E-state index in [1.54, 1.807) is 11.3 Å². The number of nitrogens with zero attached hydrogens (tertiary/aromatic N) is 1. The highest BCUT2D eigenvalue weighted by atomic mass is 35.5. The van der Waals surface area contributed by atoms with Crippen molar-refractivity contribution in [3.63, 3.8) is 0 Å². The van der Waals surface area contributed by atoms with Crippen molar-refractivity contribution in [3.05, 3.63) is 45.1 Å². The summed E-state index contributed by atoms with van der Waals surface area (Å²) in [6.07, 6.45) is 4.07. The smallest absolute Gasteiger partial charge is 0.268 e. The van der Waals surface area contributed by atoms with Gasteiger partial charge in [-0.2, -0.15) is 0 Å². The van der Waals surface area contributed by atoms with E-state index in [1.165, 1.54) is 10.4 Å². The molecule has 2 aromatic rings. The number of anilines is 2. The summed E-state index contributed by atoms with van der Waals surface area (Å²) in [6.45, 7) is 5.05. The lowest BCUT2D eigenvalue weighted by molar-refractivity contribution is 0.0989. The highest BCUT2D eigenvalue weighted by Gasteiger charge is 2.26. The van der Waals surface area contributed by atoms with Gasteiger partial charge in [-0.1, -0.05) is 19.4 Å². The second kappa shape index (κ2) is 7.37. The zero-order chi connectivity index (χ0) is 15.7. The topological polar surface area (TPSA) is 46.3 Å². The molecular formula is C18H23ClN2OS. The number of aryl methyl sites for hydroxylation is 2. The number of halogens is 1. The lowest BCUT2D eigenvalue weighted by Gasteiger charge is -2.30. The molecule has 0 radical (unpaired) electrons. The van der Waals surface area contributed by atoms with Gasteiger partial charge in [-0.3, -0.25) is 4.79 Å². The lowest BCUT2D eigenvalue weighted by atomic mass is 9.99. The highest BCUT2D eigenvalue weighted by molar-refractivity contribution is 7.14. The number of fused-ring (bicyclic) bond motifs is 1. The Morgan fingerprint density at radius 2 is 2.17 bits per heavy atom. The Morgan fingerprint density at radius 3 is 2.91 bits per heavy atom. The van der Waals surface area contributed by atoms with Crippen molar-refractivity contribution in [1.29, 1.82) is 0 Å². The van der Waals surface area contributed by atoms with Gasteiger partial charge in [0, 0.05) is 22.8 Å². The number of amides is 1. The van der Waals surface area contributed by atoms with E-state index in [0.717, 1.165) is 54.0 Å². The molecule has 0 saturated carbocycles. The van der Waals surface area contributed by atoms with Crippen LogP contribution in [0.1, 0.15) is 45.4 Å². The molecule has 23 heavy (non-hydrogen) atoms. The summed E-state index contributed by atoms with van der Waals surface area (Å²) in [5.74, 6) is 0.113. The van der Waals surface area contributed by atoms with Crippen LogP contribution in [-0.4, -0.2) is 12.5 Å². The largest absolute Gasteiger partial charge is 0.398 e. The number of rotatable bonds is 3. The van der Waals surface area contributed by atoms with Crippen LogP contribution >= 0.6 is 23.7 Å². The van der Waals surface area contributed by atoms with Crippen molar-refractivity contribution in [2.45, 2.75) is 39.5 Å². The first-order valence-electron chi connectivity index (χ1n) is 7.90. The summed E-state index contributed by atoms with van der Waals surface area (Å²) < 4.78 is 0. The number of hydrogen-bond donors (Lipinski definition) is 1. The van der Waals surface area contributed by atoms with Crippen molar-refractivity contribution in [2.24, 2.45) is 0 Å². The van der Waals surface area contributed by atoms with E-state index in [0.29, 0.717) is 0 Å². The maximum Gasteiger partial charge on any atom is 0.268 e. The SMILES string of the molecule is CCCc1cc(C(=O)N2CCCc3c(N)cccc32)sc1C.Cl. The van der Waals surface area contributed by atoms with Gasteiger partial charge >= 0.3 is 0 Å². The first kappa shape index (κ1) is 17.8. The molecule has 0 aliphatic carbocycles. The summed E-state index contributed by atoms with van der Waals surface area (Å²) >= 11 is 1.61. The molecule has 0 spiro atoms. The minimum Gasteiger partial charge on any atom is -0.398 e. The van der Waals surface area contributed by atoms with Crippen molar-refractivity contribution < 1.29 is 4.79 Å². The fourth-order valence-corrected chi connectivity index (χ4v) is 4.16. The van der Waals surface area contributed by atoms with Crippen LogP contribution < -0.4 is 10.6 Å². The zero-order valence-electron chi connectivity index (χ0n) is 13.6. The Hall–Kier alpha value is -1.52. The van der Waals surface area contributed by atoms with Crippen LogP contribution in [0.3, 0.4) is 0 Å². The van der Waals surface area contributed by atoms with Crippen LogP contribution in [0.15, 0.2) is 24.3 Å². The number of thiophene rings is 1. The average Bonchev–Trinajstić information content (AvgIpc) is 2.88. The molecular weight excluding hydrogens is 328 g/mol. The Kier molecular flexibility index (Phi) is 5.71. The van der Waals surface area contributed by atoms with Crippen LogP contribution in [0.4, 0.5) is 11.4 Å². The van der Waals surface area contributed by atoms with Gasteiger partial charge in [0.1, 0.15) is 0 Å². The standard InChI is InChI=1S/C18H22N2OS.ClH/c1-3-6-13-11-17(22-12(13)2)18(21)20-10-5-7-14-15(19)8-4-9-16(14)20;/h4,8-9,11H,3,5-7,10,19H2,1-2H3;1H. The number of benzene rings is 1. The third-order valence-corrected chi connectivity index (χ3v) is 5.36. The maximum atomic E-state index is 12.9. The fraction of sp³-hybridized carbons (Fsp3) is 0.389. The minimum absolute atomic E-state index is 0. The lowest BCUT2D eigenvalue weighted by Crippen LogP contribution is -2.35. The first-order valence-corrected chi connectivity index (χ1v) is 8.72. The molecule has 0 bridgehead atoms. The van der Waals surface area contributed by atoms with E-state index >= 15 is 0 Å². The normalized spacial score (nSPS) is 13.4. The summed E-state index contributed by atoms with van der Waals surface area (Å²) in [4.78, 5) is 16.9. The molecule has 1 aromatic carbocycles. The molecule has 1 aromatic heterocycles. The first-order chi connectivity index (χ1) is 10.6. The Morgan fingerprint density at radius 1 is 1.39 bits per heavy atom. The average molecular weight is 351 g/mol. The molecule has 124 valence electrons. The molecule has 1 amide bonds. The summed E-state index contributed by atoms with van der Waals surface area (Å²) in [5, 5.41) is 0. The second-order valence-corrected chi connectivity index (χ2v) is 7.10. The predicted molar refractivity (Wildman–Crippen MR) is 101 cm³/mol. The van der Waals surface area contributed by atoms with Gasteiger partial charge < -0.3 is 10.6 Å². The summed E-state index contributed by atoms with van der Waals surface area (Å²) in [5.41, 5.74) is 10.3. The Balaban J connectivity index is 0.00000192. The molecule has 1 aliphatic rings. The van der Waals surface area contributed by atoms with Crippen LogP contribution in [0.2, 0.25) is 0 Å². The second-order valence-electron chi connectivity index (χ2n) is 5.85. The van der Waals surface area contributed by atoms with Crippen molar-refractivity contribution >= 4 is 41.0 Å². The maximum absolute atomic E-state index is 12.9. The molecule has 1 aliphatic heterocycles. The van der Waals surface area contributed by atoms with Crippen molar-refractivity contribution in [1.82, 2.24) is 0 Å². The van der Waals surface area contributed by atoms with Gasteiger partial charge in [-0.05, 0) is 55.5 Å². The van der Waals surface area contributed by atoms with Crippen LogP contribution in [0.25, 0.3) is 0 Å². The van der Waals surface area contributed by atoms with Gasteiger partial charge in [0.05, 0.1) is 4.88 Å². The quantitative estimate of drug-likeness (QED) is 0.822. The van der Waals surface area contributed by atoms with Gasteiger partial charge in [-0.25, -0.2) is 0 Å². The Labute approximate surface area is 147 Å². The number of carbonyl (C=O) groups excluding carboxylic acids is 1. The highest BCUT2D eigenvalue weighted by Crippen LogP contribution is 2.33. The van der Waals surface area contributed by atoms with Crippen molar-refractivity contribution in [2.75, 3.05) is 17.2 Å². The van der Waals surface area contributed by atoms with Gasteiger partial charge in [-0.15, -0.1) is 23.7 Å². The van der Waals surface area contributed by atoms with E-state index in [9.17, 15) is 4.79 Å². The molecule has 2 N–H and O–H groups in total. The van der Waals surface area contributed by atoms with E-state index in [2.05, 4.69) is 19.9 Å². The zero-order valence-corrected chi connectivity index (χ0v) is 15.2. The van der Waals surface area contributed by atoms with E-state index < -0.39 is 0 Å². The third-order valence-electron chi connectivity index (χ3n) is 4.28. The fourth-order valence-electron chi connectivity index (χ4n) is 3.14. The monoisotopic (exact) mass is 350 g/mol. The van der Waals surface area contributed by atoms with E-state index in [1.807, 2.05) is 23.1 Å². The van der Waals surface area contributed by atoms with Gasteiger partial charge in [0.25, 0.3) is 5.91 Å². The summed E-state index contributed by atoms with van der Waals surface area (Å²) in [6, 6.07) is 7.94. The van der Waals surface area contributed by atoms with Gasteiger partial charge in [0.15, 0.2) is 0 Å². The van der Waals surface area contributed by atoms with Crippen LogP contribution in [-0.2, 0) is 12.8 Å². The molecule has 5 heteroatoms. The van der Waals surface area contributed by atoms with E-state index in [-0.39, 0.29) is 18.3 Å². The summed E-state index contributed by atoms with van der Waals surface area (Å²) in [7, 11) is 0. The third kappa shape index (κ3) is 3.38. The van der Waals surface area contributed by atoms with Gasteiger partial charge in [0.2, 0.25) is 0 Å².